The molecule has 1 saturated heterocycles. The highest BCUT2D eigenvalue weighted by molar-refractivity contribution is 5.12. The van der Waals surface area contributed by atoms with E-state index in [1.807, 2.05) is 0 Å². The molecule has 1 aromatic rings. The summed E-state index contributed by atoms with van der Waals surface area (Å²) in [5, 5.41) is 18.9. The lowest BCUT2D eigenvalue weighted by Gasteiger charge is -2.14. The molecule has 3 rings (SSSR count). The van der Waals surface area contributed by atoms with Gasteiger partial charge in [-0.15, -0.1) is 0 Å². The van der Waals surface area contributed by atoms with Gasteiger partial charge in [-0.3, -0.25) is 14.3 Å². The number of aromatic amines is 1. The molecule has 0 spiro atoms. The first-order valence-electron chi connectivity index (χ1n) is 5.41. The quantitative estimate of drug-likeness (QED) is 0.524. The monoisotopic (exact) mass is 240 g/mol. The van der Waals surface area contributed by atoms with Crippen molar-refractivity contribution < 1.29 is 14.9 Å². The maximum Gasteiger partial charge on any atom is 0.330 e. The molecule has 0 unspecified atom stereocenters. The summed E-state index contributed by atoms with van der Waals surface area (Å²) >= 11 is 0. The maximum absolute atomic E-state index is 11.7. The summed E-state index contributed by atoms with van der Waals surface area (Å²) in [4.78, 5) is 25.0. The number of nitrogens with zero attached hydrogens (tertiary/aromatic N) is 1. The first-order valence-corrected chi connectivity index (χ1v) is 5.41. The SMILES string of the molecule is O=c1cc2n(c(=O)[nH]1)[C@@H]1O[C@H](CO)[C@@H](O)[C@H]1C2. The first kappa shape index (κ1) is 10.7. The number of aromatic nitrogens is 2. The second kappa shape index (κ2) is 3.52. The zero-order chi connectivity index (χ0) is 12.2. The molecule has 0 aromatic carbocycles. The topological polar surface area (TPSA) is 105 Å². The summed E-state index contributed by atoms with van der Waals surface area (Å²) in [5.74, 6) is -0.282. The van der Waals surface area contributed by atoms with Crippen LogP contribution in [0.4, 0.5) is 0 Å². The van der Waals surface area contributed by atoms with E-state index in [0.717, 1.165) is 0 Å². The highest BCUT2D eigenvalue weighted by atomic mass is 16.5. The summed E-state index contributed by atoms with van der Waals surface area (Å²) in [6.45, 7) is -0.290. The summed E-state index contributed by atoms with van der Waals surface area (Å²) in [6.07, 6.45) is -1.68. The summed E-state index contributed by atoms with van der Waals surface area (Å²) in [6, 6.07) is 1.34. The Hall–Kier alpha value is -1.44. The van der Waals surface area contributed by atoms with Gasteiger partial charge in [0.05, 0.1) is 12.7 Å². The molecule has 7 nitrogen and oxygen atoms in total. The van der Waals surface area contributed by atoms with Crippen LogP contribution in [-0.4, -0.2) is 38.6 Å². The van der Waals surface area contributed by atoms with E-state index in [9.17, 15) is 14.7 Å². The minimum Gasteiger partial charge on any atom is -0.394 e. The maximum atomic E-state index is 11.7. The molecule has 0 amide bonds. The standard InChI is InChI=1S/C10H12N2O5/c13-3-6-8(15)5-1-4-2-7(14)11-10(16)12(4)9(5)17-6/h2,5-6,8-9,13,15H,1,3H2,(H,11,14,16)/t5-,6-,8+,9-/m1/s1. The zero-order valence-electron chi connectivity index (χ0n) is 8.87. The third-order valence-corrected chi connectivity index (χ3v) is 3.44. The summed E-state index contributed by atoms with van der Waals surface area (Å²) < 4.78 is 6.77. The van der Waals surface area contributed by atoms with Gasteiger partial charge < -0.3 is 14.9 Å². The third-order valence-electron chi connectivity index (χ3n) is 3.44. The lowest BCUT2D eigenvalue weighted by molar-refractivity contribution is -0.0457. The minimum absolute atomic E-state index is 0.282. The Morgan fingerprint density at radius 2 is 2.29 bits per heavy atom. The van der Waals surface area contributed by atoms with Gasteiger partial charge in [-0.25, -0.2) is 4.79 Å². The fourth-order valence-electron chi connectivity index (χ4n) is 2.66. The highest BCUT2D eigenvalue weighted by Gasteiger charge is 2.48. The van der Waals surface area contributed by atoms with Gasteiger partial charge in [-0.1, -0.05) is 0 Å². The molecule has 2 aliphatic rings. The average Bonchev–Trinajstić information content (AvgIpc) is 2.75. The van der Waals surface area contributed by atoms with Crippen molar-refractivity contribution in [2.45, 2.75) is 24.9 Å². The van der Waals surface area contributed by atoms with Crippen LogP contribution in [0.15, 0.2) is 15.7 Å². The summed E-state index contributed by atoms with van der Waals surface area (Å²) in [7, 11) is 0. The van der Waals surface area contributed by atoms with Gasteiger partial charge >= 0.3 is 5.69 Å². The fourth-order valence-corrected chi connectivity index (χ4v) is 2.66. The van der Waals surface area contributed by atoms with Crippen molar-refractivity contribution in [3.8, 4) is 0 Å². The van der Waals surface area contributed by atoms with Crippen LogP contribution in [-0.2, 0) is 11.2 Å². The van der Waals surface area contributed by atoms with Gasteiger partial charge in [0.2, 0.25) is 0 Å². The van der Waals surface area contributed by atoms with E-state index in [4.69, 9.17) is 9.84 Å². The van der Waals surface area contributed by atoms with Crippen LogP contribution in [0.3, 0.4) is 0 Å². The van der Waals surface area contributed by atoms with Crippen LogP contribution >= 0.6 is 0 Å². The van der Waals surface area contributed by atoms with Gasteiger partial charge in [-0.05, 0) is 6.42 Å². The van der Waals surface area contributed by atoms with Gasteiger partial charge in [0, 0.05) is 17.7 Å². The second-order valence-corrected chi connectivity index (χ2v) is 4.41. The number of aliphatic hydroxyl groups excluding tert-OH is 2. The van der Waals surface area contributed by atoms with E-state index in [2.05, 4.69) is 4.98 Å². The molecule has 0 bridgehead atoms. The number of fused-ring (bicyclic) bond motifs is 3. The highest BCUT2D eigenvalue weighted by Crippen LogP contribution is 2.40. The Morgan fingerprint density at radius 3 is 3.00 bits per heavy atom. The zero-order valence-corrected chi connectivity index (χ0v) is 8.87. The Balaban J connectivity index is 2.08. The molecule has 0 radical (unpaired) electrons. The predicted octanol–water partition coefficient (Wildman–Crippen LogP) is -2.04. The van der Waals surface area contributed by atoms with Crippen molar-refractivity contribution in [3.63, 3.8) is 0 Å². The van der Waals surface area contributed by atoms with E-state index in [1.165, 1.54) is 10.6 Å². The smallest absolute Gasteiger partial charge is 0.330 e. The molecule has 0 saturated carbocycles. The van der Waals surface area contributed by atoms with E-state index in [1.54, 1.807) is 0 Å². The number of H-pyrrole nitrogens is 1. The van der Waals surface area contributed by atoms with Crippen molar-refractivity contribution in [2.24, 2.45) is 5.92 Å². The van der Waals surface area contributed by atoms with Crippen LogP contribution in [0.1, 0.15) is 11.9 Å². The molecule has 3 heterocycles. The first-order chi connectivity index (χ1) is 8.11. The van der Waals surface area contributed by atoms with Crippen molar-refractivity contribution in [3.05, 3.63) is 32.6 Å². The normalized spacial score (nSPS) is 34.7. The van der Waals surface area contributed by atoms with E-state index in [0.29, 0.717) is 12.1 Å². The molecule has 3 N–H and O–H groups in total. The average molecular weight is 240 g/mol. The van der Waals surface area contributed by atoms with Crippen LogP contribution in [0.25, 0.3) is 0 Å². The number of ether oxygens (including phenoxy) is 1. The summed E-state index contributed by atoms with van der Waals surface area (Å²) in [5.41, 5.74) is -0.426. The molecule has 92 valence electrons. The van der Waals surface area contributed by atoms with Gasteiger partial charge in [0.15, 0.2) is 0 Å². The molecular formula is C10H12N2O5. The number of hydrogen-bond acceptors (Lipinski definition) is 5. The minimum atomic E-state index is -0.820. The van der Waals surface area contributed by atoms with Gasteiger partial charge in [0.1, 0.15) is 12.3 Å². The van der Waals surface area contributed by atoms with Crippen LogP contribution in [0, 0.1) is 5.92 Å². The number of hydrogen-bond donors (Lipinski definition) is 3. The number of rotatable bonds is 1. The molecule has 2 aliphatic heterocycles. The number of nitrogens with one attached hydrogen (secondary N) is 1. The van der Waals surface area contributed by atoms with Crippen molar-refractivity contribution in [1.82, 2.24) is 9.55 Å². The third kappa shape index (κ3) is 1.40. The van der Waals surface area contributed by atoms with Crippen molar-refractivity contribution in [2.75, 3.05) is 6.61 Å². The van der Waals surface area contributed by atoms with Crippen LogP contribution in [0.5, 0.6) is 0 Å². The molecule has 1 fully saturated rings. The van der Waals surface area contributed by atoms with Crippen molar-refractivity contribution in [1.29, 1.82) is 0 Å². The van der Waals surface area contributed by atoms with Crippen LogP contribution in [0.2, 0.25) is 0 Å². The van der Waals surface area contributed by atoms with Crippen LogP contribution < -0.4 is 11.2 Å². The molecule has 0 aliphatic carbocycles. The van der Waals surface area contributed by atoms with Gasteiger partial charge in [-0.2, -0.15) is 0 Å². The molecule has 4 atom stereocenters. The molecule has 7 heteroatoms. The van der Waals surface area contributed by atoms with Gasteiger partial charge in [0.25, 0.3) is 5.56 Å². The Morgan fingerprint density at radius 1 is 1.53 bits per heavy atom. The van der Waals surface area contributed by atoms with Crippen molar-refractivity contribution >= 4 is 0 Å². The lowest BCUT2D eigenvalue weighted by atomic mass is 9.98. The molecule has 1 aromatic heterocycles. The lowest BCUT2D eigenvalue weighted by Crippen LogP contribution is -2.32. The fraction of sp³-hybridized carbons (Fsp3) is 0.600. The Labute approximate surface area is 95.3 Å². The molecular weight excluding hydrogens is 228 g/mol. The van der Waals surface area contributed by atoms with E-state index >= 15 is 0 Å². The Kier molecular flexibility index (Phi) is 2.22. The number of aliphatic hydroxyl groups is 2. The molecule has 17 heavy (non-hydrogen) atoms. The second-order valence-electron chi connectivity index (χ2n) is 4.41. The Bertz CT molecular complexity index is 563. The largest absolute Gasteiger partial charge is 0.394 e. The van der Waals surface area contributed by atoms with E-state index in [-0.39, 0.29) is 12.5 Å². The predicted molar refractivity (Wildman–Crippen MR) is 55.5 cm³/mol. The van der Waals surface area contributed by atoms with E-state index < -0.39 is 29.7 Å².